The van der Waals surface area contributed by atoms with Gasteiger partial charge in [0, 0.05) is 18.8 Å². The summed E-state index contributed by atoms with van der Waals surface area (Å²) >= 11 is 0. The lowest BCUT2D eigenvalue weighted by atomic mass is 10.1. The first-order valence-electron chi connectivity index (χ1n) is 7.45. The average Bonchev–Trinajstić information content (AvgIpc) is 2.75. The van der Waals surface area contributed by atoms with E-state index in [-0.39, 0.29) is 11.8 Å². The van der Waals surface area contributed by atoms with Crippen LogP contribution in [0.4, 0.5) is 5.69 Å². The second kappa shape index (κ2) is 7.11. The fourth-order valence-corrected chi connectivity index (χ4v) is 2.62. The quantitative estimate of drug-likeness (QED) is 0.648. The lowest BCUT2D eigenvalue weighted by Crippen LogP contribution is -2.45. The number of benzene rings is 1. The average molecular weight is 290 g/mol. The third-order valence-electron chi connectivity index (χ3n) is 3.93. The van der Waals surface area contributed by atoms with Gasteiger partial charge in [-0.3, -0.25) is 9.59 Å². The monoisotopic (exact) mass is 290 g/mol. The van der Waals surface area contributed by atoms with Crippen LogP contribution in [0.15, 0.2) is 24.3 Å². The van der Waals surface area contributed by atoms with Gasteiger partial charge in [-0.1, -0.05) is 25.7 Å². The summed E-state index contributed by atoms with van der Waals surface area (Å²) in [5, 5.41) is 12.1. The molecule has 1 aromatic rings. The first kappa shape index (κ1) is 15.4. The maximum absolute atomic E-state index is 12.1. The Balaban J connectivity index is 1.94. The molecular weight excluding hydrogens is 268 g/mol. The number of anilines is 1. The minimum Gasteiger partial charge on any atom is -0.508 e. The number of aromatic hydroxyl groups is 1. The van der Waals surface area contributed by atoms with Gasteiger partial charge < -0.3 is 15.3 Å². The number of rotatable bonds is 2. The van der Waals surface area contributed by atoms with E-state index < -0.39 is 11.8 Å². The largest absolute Gasteiger partial charge is 0.508 e. The first-order chi connectivity index (χ1) is 10.1. The van der Waals surface area contributed by atoms with E-state index in [1.165, 1.54) is 29.9 Å². The normalized spacial score (nSPS) is 16.0. The maximum Gasteiger partial charge on any atom is 0.316 e. The molecule has 1 aliphatic rings. The van der Waals surface area contributed by atoms with Gasteiger partial charge in [0.2, 0.25) is 0 Å². The molecule has 0 unspecified atom stereocenters. The zero-order valence-corrected chi connectivity index (χ0v) is 12.3. The number of carbonyl (C=O) groups excluding carboxylic acids is 2. The molecule has 2 rings (SSSR count). The van der Waals surface area contributed by atoms with E-state index in [0.717, 1.165) is 25.7 Å². The molecule has 0 saturated heterocycles. The van der Waals surface area contributed by atoms with Crippen molar-refractivity contribution in [1.82, 2.24) is 5.32 Å². The molecule has 2 N–H and O–H groups in total. The van der Waals surface area contributed by atoms with Gasteiger partial charge in [0.15, 0.2) is 0 Å². The molecule has 5 nitrogen and oxygen atoms in total. The van der Waals surface area contributed by atoms with Crippen LogP contribution in [0.2, 0.25) is 0 Å². The standard InChI is InChI=1S/C16H22N2O3/c1-18(13-8-10-14(19)11-9-13)16(21)15(20)17-12-6-4-2-3-5-7-12/h8-12,19H,2-7H2,1H3,(H,17,20). The van der Waals surface area contributed by atoms with Crippen LogP contribution >= 0.6 is 0 Å². The molecule has 5 heteroatoms. The maximum atomic E-state index is 12.1. The second-order valence-corrected chi connectivity index (χ2v) is 5.54. The van der Waals surface area contributed by atoms with Crippen LogP contribution in [-0.4, -0.2) is 30.0 Å². The molecule has 0 atom stereocenters. The first-order valence-corrected chi connectivity index (χ1v) is 7.45. The number of likely N-dealkylation sites (N-methyl/N-ethyl adjacent to an activating group) is 1. The molecule has 1 saturated carbocycles. The van der Waals surface area contributed by atoms with Gasteiger partial charge >= 0.3 is 11.8 Å². The number of hydrogen-bond acceptors (Lipinski definition) is 3. The number of nitrogens with zero attached hydrogens (tertiary/aromatic N) is 1. The van der Waals surface area contributed by atoms with Crippen molar-refractivity contribution in [1.29, 1.82) is 0 Å². The number of amides is 2. The Labute approximate surface area is 125 Å². The fraction of sp³-hybridized carbons (Fsp3) is 0.500. The number of carbonyl (C=O) groups is 2. The molecule has 0 spiro atoms. The lowest BCUT2D eigenvalue weighted by molar-refractivity contribution is -0.137. The molecule has 0 aromatic heterocycles. The molecule has 1 aromatic carbocycles. The van der Waals surface area contributed by atoms with Gasteiger partial charge in [0.1, 0.15) is 5.75 Å². The predicted octanol–water partition coefficient (Wildman–Crippen LogP) is 2.19. The van der Waals surface area contributed by atoms with Crippen LogP contribution in [0.25, 0.3) is 0 Å². The van der Waals surface area contributed by atoms with Gasteiger partial charge in [-0.15, -0.1) is 0 Å². The van der Waals surface area contributed by atoms with Crippen molar-refractivity contribution in [3.05, 3.63) is 24.3 Å². The van der Waals surface area contributed by atoms with Crippen molar-refractivity contribution >= 4 is 17.5 Å². The van der Waals surface area contributed by atoms with Crippen molar-refractivity contribution in [2.75, 3.05) is 11.9 Å². The van der Waals surface area contributed by atoms with Gasteiger partial charge in [-0.25, -0.2) is 0 Å². The third-order valence-corrected chi connectivity index (χ3v) is 3.93. The van der Waals surface area contributed by atoms with Gasteiger partial charge in [0.05, 0.1) is 0 Å². The minimum atomic E-state index is -0.579. The Morgan fingerprint density at radius 2 is 1.67 bits per heavy atom. The Bertz CT molecular complexity index is 491. The van der Waals surface area contributed by atoms with Crippen LogP contribution in [0, 0.1) is 0 Å². The smallest absolute Gasteiger partial charge is 0.316 e. The molecule has 0 radical (unpaired) electrons. The molecule has 2 amide bonds. The zero-order chi connectivity index (χ0) is 15.2. The van der Waals surface area contributed by atoms with Gasteiger partial charge in [-0.2, -0.15) is 0 Å². The molecule has 114 valence electrons. The SMILES string of the molecule is CN(C(=O)C(=O)NC1CCCCCC1)c1ccc(O)cc1. The zero-order valence-electron chi connectivity index (χ0n) is 12.3. The molecule has 0 bridgehead atoms. The summed E-state index contributed by atoms with van der Waals surface area (Å²) in [5.41, 5.74) is 0.578. The Morgan fingerprint density at radius 3 is 2.24 bits per heavy atom. The summed E-state index contributed by atoms with van der Waals surface area (Å²) in [6, 6.07) is 6.29. The van der Waals surface area contributed by atoms with Crippen LogP contribution in [0.1, 0.15) is 38.5 Å². The van der Waals surface area contributed by atoms with Crippen molar-refractivity contribution in [2.24, 2.45) is 0 Å². The summed E-state index contributed by atoms with van der Waals surface area (Å²) in [5.74, 6) is -1.01. The number of nitrogens with one attached hydrogen (secondary N) is 1. The highest BCUT2D eigenvalue weighted by Gasteiger charge is 2.23. The molecule has 1 fully saturated rings. The van der Waals surface area contributed by atoms with Crippen LogP contribution in [0.3, 0.4) is 0 Å². The summed E-state index contributed by atoms with van der Waals surface area (Å²) in [7, 11) is 1.56. The summed E-state index contributed by atoms with van der Waals surface area (Å²) in [6.07, 6.45) is 6.51. The summed E-state index contributed by atoms with van der Waals surface area (Å²) < 4.78 is 0. The number of phenolic OH excluding ortho intramolecular Hbond substituents is 1. The highest BCUT2D eigenvalue weighted by molar-refractivity contribution is 6.40. The highest BCUT2D eigenvalue weighted by atomic mass is 16.3. The predicted molar refractivity (Wildman–Crippen MR) is 81.1 cm³/mol. The number of phenols is 1. The van der Waals surface area contributed by atoms with Crippen molar-refractivity contribution in [2.45, 2.75) is 44.6 Å². The molecule has 0 heterocycles. The van der Waals surface area contributed by atoms with E-state index in [1.807, 2.05) is 0 Å². The lowest BCUT2D eigenvalue weighted by Gasteiger charge is -2.20. The van der Waals surface area contributed by atoms with E-state index in [4.69, 9.17) is 0 Å². The number of hydrogen-bond donors (Lipinski definition) is 2. The second-order valence-electron chi connectivity index (χ2n) is 5.54. The van der Waals surface area contributed by atoms with Crippen LogP contribution in [0.5, 0.6) is 5.75 Å². The van der Waals surface area contributed by atoms with E-state index in [2.05, 4.69) is 5.32 Å². The van der Waals surface area contributed by atoms with Crippen molar-refractivity contribution < 1.29 is 14.7 Å². The minimum absolute atomic E-state index is 0.108. The van der Waals surface area contributed by atoms with Crippen LogP contribution < -0.4 is 10.2 Å². The molecule has 0 aliphatic heterocycles. The molecule has 1 aliphatic carbocycles. The Kier molecular flexibility index (Phi) is 5.20. The van der Waals surface area contributed by atoms with E-state index in [9.17, 15) is 14.7 Å². The molecule has 21 heavy (non-hydrogen) atoms. The van der Waals surface area contributed by atoms with E-state index >= 15 is 0 Å². The topological polar surface area (TPSA) is 69.6 Å². The Morgan fingerprint density at radius 1 is 1.10 bits per heavy atom. The van der Waals surface area contributed by atoms with Gasteiger partial charge in [-0.05, 0) is 37.1 Å². The van der Waals surface area contributed by atoms with Gasteiger partial charge in [0.25, 0.3) is 0 Å². The third kappa shape index (κ3) is 4.21. The summed E-state index contributed by atoms with van der Waals surface area (Å²) in [6.45, 7) is 0. The van der Waals surface area contributed by atoms with Crippen molar-refractivity contribution in [3.63, 3.8) is 0 Å². The van der Waals surface area contributed by atoms with Crippen LogP contribution in [-0.2, 0) is 9.59 Å². The molecular formula is C16H22N2O3. The Hall–Kier alpha value is -2.04. The summed E-state index contributed by atoms with van der Waals surface area (Å²) in [4.78, 5) is 25.5. The van der Waals surface area contributed by atoms with E-state index in [1.54, 1.807) is 19.2 Å². The van der Waals surface area contributed by atoms with E-state index in [0.29, 0.717) is 5.69 Å². The fourth-order valence-electron chi connectivity index (χ4n) is 2.62. The van der Waals surface area contributed by atoms with Crippen molar-refractivity contribution in [3.8, 4) is 5.75 Å². The highest BCUT2D eigenvalue weighted by Crippen LogP contribution is 2.19.